The lowest BCUT2D eigenvalue weighted by atomic mass is 10.3. The minimum Gasteiger partial charge on any atom is -0.481 e. The molecule has 0 spiro atoms. The minimum absolute atomic E-state index is 0. The molecule has 1 rings (SSSR count). The molecular weight excluding hydrogens is 290 g/mol. The average Bonchev–Trinajstić information content (AvgIpc) is 2.38. The Morgan fingerprint density at radius 3 is 2.65 bits per heavy atom. The van der Waals surface area contributed by atoms with Crippen LogP contribution in [-0.4, -0.2) is 25.1 Å². The maximum absolute atomic E-state index is 13.0. The largest absolute Gasteiger partial charge is 0.481 e. The summed E-state index contributed by atoms with van der Waals surface area (Å²) in [4.78, 5) is 11.6. The monoisotopic (exact) mass is 308 g/mol. The van der Waals surface area contributed by atoms with Gasteiger partial charge in [0.1, 0.15) is 5.75 Å². The normalized spacial score (nSPS) is 11.4. The summed E-state index contributed by atoms with van der Waals surface area (Å²) in [5.74, 6) is -2.15. The summed E-state index contributed by atoms with van der Waals surface area (Å²) in [7, 11) is 0. The molecule has 0 heterocycles. The third kappa shape index (κ3) is 6.16. The van der Waals surface area contributed by atoms with Gasteiger partial charge < -0.3 is 15.8 Å². The van der Waals surface area contributed by atoms with Crippen LogP contribution in [0.15, 0.2) is 18.2 Å². The van der Waals surface area contributed by atoms with Crippen molar-refractivity contribution in [2.45, 2.75) is 25.9 Å². The second-order valence-electron chi connectivity index (χ2n) is 4.12. The van der Waals surface area contributed by atoms with Gasteiger partial charge in [-0.05, 0) is 38.4 Å². The van der Waals surface area contributed by atoms with E-state index in [4.69, 9.17) is 10.5 Å². The lowest BCUT2D eigenvalue weighted by molar-refractivity contribution is -0.127. The summed E-state index contributed by atoms with van der Waals surface area (Å²) in [6, 6.07) is 3.14. The van der Waals surface area contributed by atoms with Crippen LogP contribution in [0, 0.1) is 11.6 Å². The first kappa shape index (κ1) is 18.6. The summed E-state index contributed by atoms with van der Waals surface area (Å²) in [5.41, 5.74) is 5.33. The van der Waals surface area contributed by atoms with Crippen LogP contribution in [0.1, 0.15) is 19.8 Å². The van der Waals surface area contributed by atoms with Gasteiger partial charge in [0, 0.05) is 12.6 Å². The molecule has 0 saturated carbocycles. The van der Waals surface area contributed by atoms with E-state index in [0.29, 0.717) is 13.1 Å². The van der Waals surface area contributed by atoms with Crippen LogP contribution in [0.4, 0.5) is 8.78 Å². The second kappa shape index (κ2) is 9.50. The molecule has 1 aromatic carbocycles. The molecule has 1 aromatic rings. The van der Waals surface area contributed by atoms with E-state index in [1.54, 1.807) is 6.92 Å². The zero-order chi connectivity index (χ0) is 14.3. The molecule has 0 radical (unpaired) electrons. The van der Waals surface area contributed by atoms with Crippen LogP contribution >= 0.6 is 12.4 Å². The molecule has 0 aliphatic heterocycles. The van der Waals surface area contributed by atoms with E-state index in [1.807, 2.05) is 0 Å². The van der Waals surface area contributed by atoms with Crippen molar-refractivity contribution in [1.82, 2.24) is 5.32 Å². The number of benzene rings is 1. The molecule has 20 heavy (non-hydrogen) atoms. The van der Waals surface area contributed by atoms with Crippen molar-refractivity contribution in [3.05, 3.63) is 29.8 Å². The fourth-order valence-corrected chi connectivity index (χ4v) is 1.43. The molecule has 1 atom stereocenters. The second-order valence-corrected chi connectivity index (χ2v) is 4.12. The van der Waals surface area contributed by atoms with Gasteiger partial charge in [0.2, 0.25) is 0 Å². The highest BCUT2D eigenvalue weighted by atomic mass is 35.5. The molecule has 0 fully saturated rings. The Labute approximate surface area is 123 Å². The van der Waals surface area contributed by atoms with Crippen molar-refractivity contribution >= 4 is 18.3 Å². The molecule has 0 bridgehead atoms. The third-order valence-electron chi connectivity index (χ3n) is 2.50. The first-order chi connectivity index (χ1) is 9.04. The number of ether oxygens (including phenoxy) is 1. The van der Waals surface area contributed by atoms with Crippen LogP contribution in [-0.2, 0) is 4.79 Å². The van der Waals surface area contributed by atoms with Crippen LogP contribution < -0.4 is 15.8 Å². The van der Waals surface area contributed by atoms with Crippen molar-refractivity contribution < 1.29 is 18.3 Å². The van der Waals surface area contributed by atoms with E-state index in [0.717, 1.165) is 25.0 Å². The Morgan fingerprint density at radius 1 is 1.35 bits per heavy atom. The van der Waals surface area contributed by atoms with E-state index in [-0.39, 0.29) is 24.1 Å². The molecule has 1 unspecified atom stereocenters. The van der Waals surface area contributed by atoms with Crippen LogP contribution in [0.2, 0.25) is 0 Å². The van der Waals surface area contributed by atoms with Gasteiger partial charge in [-0.25, -0.2) is 8.78 Å². The lowest BCUT2D eigenvalue weighted by Crippen LogP contribution is -2.36. The first-order valence-electron chi connectivity index (χ1n) is 6.14. The maximum atomic E-state index is 13.0. The van der Waals surface area contributed by atoms with E-state index < -0.39 is 17.7 Å². The van der Waals surface area contributed by atoms with E-state index in [1.165, 1.54) is 6.07 Å². The highest BCUT2D eigenvalue weighted by molar-refractivity contribution is 5.85. The number of halogens is 3. The van der Waals surface area contributed by atoms with Crippen molar-refractivity contribution in [3.63, 3.8) is 0 Å². The van der Waals surface area contributed by atoms with Gasteiger partial charge in [-0.15, -0.1) is 12.4 Å². The van der Waals surface area contributed by atoms with Gasteiger partial charge in [0.25, 0.3) is 5.91 Å². The van der Waals surface area contributed by atoms with Crippen molar-refractivity contribution in [3.8, 4) is 5.75 Å². The number of rotatable bonds is 7. The molecule has 0 aliphatic rings. The van der Waals surface area contributed by atoms with Crippen LogP contribution in [0.3, 0.4) is 0 Å². The lowest BCUT2D eigenvalue weighted by Gasteiger charge is -2.14. The molecule has 0 saturated heterocycles. The molecule has 0 aromatic heterocycles. The number of hydrogen-bond acceptors (Lipinski definition) is 3. The quantitative estimate of drug-likeness (QED) is 0.757. The van der Waals surface area contributed by atoms with Gasteiger partial charge >= 0.3 is 0 Å². The number of hydrogen-bond donors (Lipinski definition) is 2. The Bertz CT molecular complexity index is 433. The van der Waals surface area contributed by atoms with Gasteiger partial charge in [-0.2, -0.15) is 0 Å². The first-order valence-corrected chi connectivity index (χ1v) is 6.14. The number of carbonyl (C=O) groups excluding carboxylic acids is 1. The SMILES string of the molecule is CC(Oc1ccc(F)c(F)c1)C(=O)NCCCCN.Cl. The zero-order valence-corrected chi connectivity index (χ0v) is 12.0. The summed E-state index contributed by atoms with van der Waals surface area (Å²) in [6.45, 7) is 2.64. The van der Waals surface area contributed by atoms with Crippen LogP contribution in [0.5, 0.6) is 5.75 Å². The topological polar surface area (TPSA) is 64.3 Å². The number of nitrogens with one attached hydrogen (secondary N) is 1. The summed E-state index contributed by atoms with van der Waals surface area (Å²) in [6.07, 6.45) is 0.849. The Hall–Kier alpha value is -1.40. The molecule has 0 aliphatic carbocycles. The molecule has 4 nitrogen and oxygen atoms in total. The standard InChI is InChI=1S/C13H18F2N2O2.ClH/c1-9(13(18)17-7-3-2-6-16)19-10-4-5-11(14)12(15)8-10;/h4-5,8-9H,2-3,6-7,16H2,1H3,(H,17,18);1H. The van der Waals surface area contributed by atoms with Gasteiger partial charge in [0.15, 0.2) is 17.7 Å². The van der Waals surface area contributed by atoms with Gasteiger partial charge in [0.05, 0.1) is 0 Å². The summed E-state index contributed by atoms with van der Waals surface area (Å²) in [5, 5.41) is 2.68. The number of unbranched alkanes of at least 4 members (excludes halogenated alkanes) is 1. The smallest absolute Gasteiger partial charge is 0.260 e. The number of amides is 1. The van der Waals surface area contributed by atoms with Crippen LogP contribution in [0.25, 0.3) is 0 Å². The fraction of sp³-hybridized carbons (Fsp3) is 0.462. The zero-order valence-electron chi connectivity index (χ0n) is 11.2. The summed E-state index contributed by atoms with van der Waals surface area (Å²) >= 11 is 0. The summed E-state index contributed by atoms with van der Waals surface area (Å²) < 4.78 is 30.9. The van der Waals surface area contributed by atoms with Crippen molar-refractivity contribution in [2.24, 2.45) is 5.73 Å². The Kier molecular flexibility index (Phi) is 8.83. The number of nitrogens with two attached hydrogens (primary N) is 1. The average molecular weight is 309 g/mol. The number of carbonyl (C=O) groups is 1. The third-order valence-corrected chi connectivity index (χ3v) is 2.50. The highest BCUT2D eigenvalue weighted by Gasteiger charge is 2.14. The molecule has 1 amide bonds. The Balaban J connectivity index is 0.00000361. The highest BCUT2D eigenvalue weighted by Crippen LogP contribution is 2.16. The van der Waals surface area contributed by atoms with Gasteiger partial charge in [-0.3, -0.25) is 4.79 Å². The fourth-order valence-electron chi connectivity index (χ4n) is 1.43. The minimum atomic E-state index is -1.01. The van der Waals surface area contributed by atoms with E-state index >= 15 is 0 Å². The van der Waals surface area contributed by atoms with E-state index in [2.05, 4.69) is 5.32 Å². The molecule has 7 heteroatoms. The van der Waals surface area contributed by atoms with E-state index in [9.17, 15) is 13.6 Å². The maximum Gasteiger partial charge on any atom is 0.260 e. The van der Waals surface area contributed by atoms with Gasteiger partial charge in [-0.1, -0.05) is 0 Å². The molecule has 114 valence electrons. The Morgan fingerprint density at radius 2 is 2.05 bits per heavy atom. The predicted molar refractivity (Wildman–Crippen MR) is 75.0 cm³/mol. The molecule has 3 N–H and O–H groups in total. The van der Waals surface area contributed by atoms with Crippen molar-refractivity contribution in [1.29, 1.82) is 0 Å². The predicted octanol–water partition coefficient (Wildman–Crippen LogP) is 2.01. The van der Waals surface area contributed by atoms with Crippen molar-refractivity contribution in [2.75, 3.05) is 13.1 Å². The molecular formula is C13H19ClF2N2O2.